The highest BCUT2D eigenvalue weighted by atomic mass is 32.1. The van der Waals surface area contributed by atoms with Crippen LogP contribution < -0.4 is 16.2 Å². The lowest BCUT2D eigenvalue weighted by atomic mass is 10.2. The van der Waals surface area contributed by atoms with Crippen LogP contribution in [0.5, 0.6) is 0 Å². The molecule has 0 aliphatic rings. The molecule has 20 heavy (non-hydrogen) atoms. The molecule has 0 aliphatic heterocycles. The lowest BCUT2D eigenvalue weighted by molar-refractivity contribution is 0.0951. The number of aryl methyl sites for hydroxylation is 2. The Bertz CT molecular complexity index is 620. The van der Waals surface area contributed by atoms with E-state index in [4.69, 9.17) is 5.73 Å². The van der Waals surface area contributed by atoms with Crippen LogP contribution >= 0.6 is 11.3 Å². The molecule has 0 aliphatic carbocycles. The standard InChI is InChI=1S/C13H14N4O2S/c1-8-9(2)20-13(15-8)17(12(14)19)16-11(18)10-6-4-3-5-7-10/h3-7H,1-2H3,(H2,14,19)(H,16,18). The Morgan fingerprint density at radius 3 is 2.40 bits per heavy atom. The maximum Gasteiger partial charge on any atom is 0.340 e. The number of carbonyl (C=O) groups is 2. The summed E-state index contributed by atoms with van der Waals surface area (Å²) in [6, 6.07) is 7.78. The van der Waals surface area contributed by atoms with E-state index in [1.54, 1.807) is 30.3 Å². The van der Waals surface area contributed by atoms with Gasteiger partial charge >= 0.3 is 6.03 Å². The molecule has 3 amide bonds. The number of nitrogens with two attached hydrogens (primary N) is 1. The molecule has 0 saturated carbocycles. The molecule has 2 aromatic rings. The Hall–Kier alpha value is -2.41. The highest BCUT2D eigenvalue weighted by Crippen LogP contribution is 2.24. The first kappa shape index (κ1) is 14.0. The molecule has 0 fully saturated rings. The van der Waals surface area contributed by atoms with Crippen LogP contribution in [-0.4, -0.2) is 16.9 Å². The van der Waals surface area contributed by atoms with Gasteiger partial charge in [0.1, 0.15) is 0 Å². The highest BCUT2D eigenvalue weighted by molar-refractivity contribution is 7.15. The smallest absolute Gasteiger partial charge is 0.340 e. The largest absolute Gasteiger partial charge is 0.350 e. The molecule has 0 radical (unpaired) electrons. The molecule has 3 N–H and O–H groups in total. The van der Waals surface area contributed by atoms with Crippen LogP contribution in [0.2, 0.25) is 0 Å². The van der Waals surface area contributed by atoms with Crippen molar-refractivity contribution in [3.8, 4) is 0 Å². The molecule has 1 heterocycles. The fourth-order valence-corrected chi connectivity index (χ4v) is 2.38. The van der Waals surface area contributed by atoms with Gasteiger partial charge in [-0.05, 0) is 26.0 Å². The maximum absolute atomic E-state index is 12.0. The first-order chi connectivity index (χ1) is 9.49. The van der Waals surface area contributed by atoms with E-state index in [1.807, 2.05) is 13.8 Å². The van der Waals surface area contributed by atoms with E-state index < -0.39 is 11.9 Å². The fourth-order valence-electron chi connectivity index (χ4n) is 1.50. The average molecular weight is 290 g/mol. The van der Waals surface area contributed by atoms with Crippen molar-refractivity contribution in [2.24, 2.45) is 5.73 Å². The van der Waals surface area contributed by atoms with E-state index in [1.165, 1.54) is 11.3 Å². The van der Waals surface area contributed by atoms with Gasteiger partial charge in [0.05, 0.1) is 5.69 Å². The number of primary amides is 1. The minimum absolute atomic E-state index is 0.344. The Morgan fingerprint density at radius 2 is 1.90 bits per heavy atom. The fraction of sp³-hybridized carbons (Fsp3) is 0.154. The van der Waals surface area contributed by atoms with Crippen molar-refractivity contribution in [1.82, 2.24) is 10.4 Å². The van der Waals surface area contributed by atoms with E-state index in [0.717, 1.165) is 15.6 Å². The first-order valence-corrected chi connectivity index (χ1v) is 6.70. The third-order valence-electron chi connectivity index (χ3n) is 2.68. The number of thiazole rings is 1. The van der Waals surface area contributed by atoms with Crippen LogP contribution in [0.3, 0.4) is 0 Å². The van der Waals surface area contributed by atoms with Crippen LogP contribution in [0.1, 0.15) is 20.9 Å². The quantitative estimate of drug-likeness (QED) is 0.829. The zero-order chi connectivity index (χ0) is 14.7. The second kappa shape index (κ2) is 5.70. The summed E-state index contributed by atoms with van der Waals surface area (Å²) in [6.07, 6.45) is 0. The van der Waals surface area contributed by atoms with E-state index in [9.17, 15) is 9.59 Å². The molecule has 7 heteroatoms. The summed E-state index contributed by atoms with van der Waals surface area (Å²) in [5, 5.41) is 1.30. The van der Waals surface area contributed by atoms with Gasteiger partial charge in [-0.2, -0.15) is 5.01 Å². The van der Waals surface area contributed by atoms with Gasteiger partial charge in [-0.3, -0.25) is 10.2 Å². The summed E-state index contributed by atoms with van der Waals surface area (Å²) in [4.78, 5) is 28.7. The molecular formula is C13H14N4O2S. The number of hydrogen-bond donors (Lipinski definition) is 2. The van der Waals surface area contributed by atoms with Crippen molar-refractivity contribution in [1.29, 1.82) is 0 Å². The van der Waals surface area contributed by atoms with E-state index in [2.05, 4.69) is 10.4 Å². The van der Waals surface area contributed by atoms with Gasteiger partial charge in [-0.15, -0.1) is 0 Å². The van der Waals surface area contributed by atoms with Crippen molar-refractivity contribution < 1.29 is 9.59 Å². The number of benzene rings is 1. The van der Waals surface area contributed by atoms with Gasteiger partial charge < -0.3 is 5.73 Å². The Balaban J connectivity index is 2.23. The molecule has 6 nitrogen and oxygen atoms in total. The number of nitrogens with one attached hydrogen (secondary N) is 1. The van der Waals surface area contributed by atoms with E-state index in [-0.39, 0.29) is 0 Å². The van der Waals surface area contributed by atoms with Crippen LogP contribution in [0.15, 0.2) is 30.3 Å². The number of rotatable bonds is 2. The molecular weight excluding hydrogens is 276 g/mol. The van der Waals surface area contributed by atoms with Gasteiger partial charge in [0.15, 0.2) is 0 Å². The zero-order valence-corrected chi connectivity index (χ0v) is 11.9. The monoisotopic (exact) mass is 290 g/mol. The predicted molar refractivity (Wildman–Crippen MR) is 77.6 cm³/mol. The molecule has 0 spiro atoms. The predicted octanol–water partition coefficient (Wildman–Crippen LogP) is 1.99. The number of urea groups is 1. The van der Waals surface area contributed by atoms with Crippen molar-refractivity contribution in [3.05, 3.63) is 46.5 Å². The third kappa shape index (κ3) is 2.94. The summed E-state index contributed by atoms with van der Waals surface area (Å²) in [5.74, 6) is -0.421. The number of amides is 3. The second-order valence-corrected chi connectivity index (χ2v) is 5.30. The molecule has 1 aromatic carbocycles. The molecule has 0 bridgehead atoms. The van der Waals surface area contributed by atoms with Gasteiger partial charge in [-0.1, -0.05) is 29.5 Å². The third-order valence-corrected chi connectivity index (χ3v) is 3.74. The normalized spacial score (nSPS) is 10.1. The summed E-state index contributed by atoms with van der Waals surface area (Å²) in [5.41, 5.74) is 8.98. The van der Waals surface area contributed by atoms with Gasteiger partial charge in [0, 0.05) is 10.4 Å². The van der Waals surface area contributed by atoms with E-state index >= 15 is 0 Å². The van der Waals surface area contributed by atoms with Crippen molar-refractivity contribution in [2.45, 2.75) is 13.8 Å². The minimum atomic E-state index is -0.789. The van der Waals surface area contributed by atoms with Crippen LogP contribution in [0.4, 0.5) is 9.93 Å². The van der Waals surface area contributed by atoms with Crippen molar-refractivity contribution in [2.75, 3.05) is 5.01 Å². The lowest BCUT2D eigenvalue weighted by Gasteiger charge is -2.17. The summed E-state index contributed by atoms with van der Waals surface area (Å²) < 4.78 is 0. The summed E-state index contributed by atoms with van der Waals surface area (Å²) in [6.45, 7) is 3.71. The number of nitrogens with zero attached hydrogens (tertiary/aromatic N) is 2. The molecule has 104 valence electrons. The molecule has 1 aromatic heterocycles. The lowest BCUT2D eigenvalue weighted by Crippen LogP contribution is -2.49. The average Bonchev–Trinajstić information content (AvgIpc) is 2.76. The second-order valence-electron chi connectivity index (χ2n) is 4.12. The number of hydrazine groups is 1. The summed E-state index contributed by atoms with van der Waals surface area (Å²) in [7, 11) is 0. The Labute approximate surface area is 120 Å². The number of hydrogen-bond acceptors (Lipinski definition) is 4. The topological polar surface area (TPSA) is 88.3 Å². The van der Waals surface area contributed by atoms with Gasteiger partial charge in [0.2, 0.25) is 5.13 Å². The zero-order valence-electron chi connectivity index (χ0n) is 11.1. The Kier molecular flexibility index (Phi) is 3.99. The maximum atomic E-state index is 12.0. The number of anilines is 1. The first-order valence-electron chi connectivity index (χ1n) is 5.88. The van der Waals surface area contributed by atoms with Crippen molar-refractivity contribution in [3.63, 3.8) is 0 Å². The van der Waals surface area contributed by atoms with E-state index in [0.29, 0.717) is 10.7 Å². The van der Waals surface area contributed by atoms with Crippen LogP contribution in [0.25, 0.3) is 0 Å². The van der Waals surface area contributed by atoms with Crippen molar-refractivity contribution >= 4 is 28.4 Å². The van der Waals surface area contributed by atoms with Crippen LogP contribution in [-0.2, 0) is 0 Å². The SMILES string of the molecule is Cc1nc(N(NC(=O)c2ccccc2)C(N)=O)sc1C. The number of aromatic nitrogens is 1. The highest BCUT2D eigenvalue weighted by Gasteiger charge is 2.20. The van der Waals surface area contributed by atoms with Gasteiger partial charge in [-0.25, -0.2) is 9.78 Å². The summed E-state index contributed by atoms with van der Waals surface area (Å²) >= 11 is 1.29. The minimum Gasteiger partial charge on any atom is -0.350 e. The molecule has 0 unspecified atom stereocenters. The molecule has 2 rings (SSSR count). The molecule has 0 saturated heterocycles. The van der Waals surface area contributed by atoms with Crippen LogP contribution in [0, 0.1) is 13.8 Å². The Morgan fingerprint density at radius 1 is 1.25 bits per heavy atom. The molecule has 0 atom stereocenters. The number of carbonyl (C=O) groups excluding carboxylic acids is 2. The van der Waals surface area contributed by atoms with Gasteiger partial charge in [0.25, 0.3) is 5.91 Å².